The minimum absolute atomic E-state index is 0.0446. The summed E-state index contributed by atoms with van der Waals surface area (Å²) >= 11 is 0. The Kier molecular flexibility index (Phi) is 57.5. The molecule has 10 heteroatoms. The van der Waals surface area contributed by atoms with Crippen LogP contribution in [-0.2, 0) is 27.9 Å². The van der Waals surface area contributed by atoms with Crippen molar-refractivity contribution >= 4 is 19.7 Å². The summed E-state index contributed by atoms with van der Waals surface area (Å²) in [6.45, 7) is 7.07. The van der Waals surface area contributed by atoms with Crippen molar-refractivity contribution in [3.8, 4) is 0 Å². The van der Waals surface area contributed by atoms with Crippen molar-refractivity contribution in [1.29, 1.82) is 0 Å². The quantitative estimate of drug-likeness (QED) is 0.0205. The lowest BCUT2D eigenvalue weighted by molar-refractivity contribution is -0.870. The number of allylic oxidation sites excluding steroid dienone is 3. The van der Waals surface area contributed by atoms with Gasteiger partial charge in [-0.25, -0.2) is 4.57 Å². The first-order valence-corrected chi connectivity index (χ1v) is 35.7. The van der Waals surface area contributed by atoms with Crippen LogP contribution in [-0.4, -0.2) is 74.3 Å². The minimum Gasteiger partial charge on any atom is -0.456 e. The number of nitrogens with one attached hydrogen (secondary N) is 1. The monoisotopic (exact) mass is 1120 g/mol. The van der Waals surface area contributed by atoms with E-state index in [1.54, 1.807) is 0 Å². The molecule has 0 heterocycles. The zero-order valence-electron chi connectivity index (χ0n) is 52.9. The Morgan fingerprint density at radius 2 is 0.744 bits per heavy atom. The van der Waals surface area contributed by atoms with Crippen LogP contribution in [0, 0.1) is 0 Å². The highest BCUT2D eigenvalue weighted by molar-refractivity contribution is 7.47. The van der Waals surface area contributed by atoms with E-state index in [1.165, 1.54) is 257 Å². The van der Waals surface area contributed by atoms with Gasteiger partial charge >= 0.3 is 13.8 Å². The van der Waals surface area contributed by atoms with Crippen LogP contribution in [0.4, 0.5) is 0 Å². The highest BCUT2D eigenvalue weighted by Gasteiger charge is 2.30. The molecule has 3 unspecified atom stereocenters. The molecule has 0 aliphatic rings. The van der Waals surface area contributed by atoms with Crippen LogP contribution >= 0.6 is 7.82 Å². The third kappa shape index (κ3) is 59.1. The lowest BCUT2D eigenvalue weighted by Gasteiger charge is -2.27. The molecule has 0 aromatic rings. The van der Waals surface area contributed by atoms with E-state index in [0.717, 1.165) is 57.8 Å². The van der Waals surface area contributed by atoms with E-state index >= 15 is 0 Å². The van der Waals surface area contributed by atoms with E-state index in [2.05, 4.69) is 38.2 Å². The molecule has 78 heavy (non-hydrogen) atoms. The third-order valence-electron chi connectivity index (χ3n) is 15.6. The van der Waals surface area contributed by atoms with Crippen molar-refractivity contribution in [1.82, 2.24) is 5.32 Å². The van der Waals surface area contributed by atoms with Gasteiger partial charge in [-0.3, -0.25) is 18.6 Å². The van der Waals surface area contributed by atoms with Crippen LogP contribution in [0.1, 0.15) is 348 Å². The van der Waals surface area contributed by atoms with Gasteiger partial charge in [0.15, 0.2) is 0 Å². The summed E-state index contributed by atoms with van der Waals surface area (Å²) in [7, 11) is 1.52. The molecule has 0 spiro atoms. The Morgan fingerprint density at radius 3 is 1.09 bits per heavy atom. The van der Waals surface area contributed by atoms with Crippen LogP contribution in [0.5, 0.6) is 0 Å². The summed E-state index contributed by atoms with van der Waals surface area (Å²) in [5.41, 5.74) is 0. The van der Waals surface area contributed by atoms with Crippen LogP contribution in [0.25, 0.3) is 0 Å². The highest BCUT2D eigenvalue weighted by atomic mass is 31.2. The molecular weight excluding hydrogens is 988 g/mol. The lowest BCUT2D eigenvalue weighted by Crippen LogP contribution is -2.47. The van der Waals surface area contributed by atoms with E-state index in [4.69, 9.17) is 13.8 Å². The van der Waals surface area contributed by atoms with Crippen molar-refractivity contribution in [3.05, 3.63) is 24.3 Å². The summed E-state index contributed by atoms with van der Waals surface area (Å²) in [6, 6.07) is -0.842. The van der Waals surface area contributed by atoms with Crippen molar-refractivity contribution in [2.45, 2.75) is 360 Å². The van der Waals surface area contributed by atoms with E-state index in [0.29, 0.717) is 23.9 Å². The Hall–Kier alpha value is -1.51. The molecule has 1 amide bonds. The van der Waals surface area contributed by atoms with Gasteiger partial charge in [-0.15, -0.1) is 0 Å². The van der Waals surface area contributed by atoms with Crippen LogP contribution in [0.2, 0.25) is 0 Å². The van der Waals surface area contributed by atoms with Gasteiger partial charge in [0, 0.05) is 12.8 Å². The number of quaternary nitrogens is 1. The molecule has 0 aromatic carbocycles. The van der Waals surface area contributed by atoms with Crippen molar-refractivity contribution in [3.63, 3.8) is 0 Å². The number of unbranched alkanes of at least 4 members (excludes halogenated alkanes) is 45. The summed E-state index contributed by atoms with van der Waals surface area (Å²) in [5, 5.41) is 3.07. The smallest absolute Gasteiger partial charge is 0.456 e. The van der Waals surface area contributed by atoms with Crippen molar-refractivity contribution in [2.24, 2.45) is 0 Å². The average Bonchev–Trinajstić information content (AvgIpc) is 3.40. The minimum atomic E-state index is -4.44. The number of hydrogen-bond donors (Lipinski definition) is 2. The van der Waals surface area contributed by atoms with E-state index in [1.807, 2.05) is 33.3 Å². The van der Waals surface area contributed by atoms with Gasteiger partial charge in [0.05, 0.1) is 33.8 Å². The number of amides is 1. The van der Waals surface area contributed by atoms with Gasteiger partial charge < -0.3 is 19.4 Å². The van der Waals surface area contributed by atoms with Gasteiger partial charge in [-0.2, -0.15) is 0 Å². The van der Waals surface area contributed by atoms with E-state index in [9.17, 15) is 19.0 Å². The van der Waals surface area contributed by atoms with Crippen molar-refractivity contribution in [2.75, 3.05) is 40.9 Å². The average molecular weight is 1120 g/mol. The molecule has 0 aromatic heterocycles. The summed E-state index contributed by atoms with van der Waals surface area (Å²) in [5.74, 6) is -0.484. The molecule has 462 valence electrons. The molecule has 3 atom stereocenters. The molecular formula is C68H134N2O7P+. The number of hydrogen-bond acceptors (Lipinski definition) is 6. The Bertz CT molecular complexity index is 1380. The molecule has 0 bridgehead atoms. The molecule has 0 fully saturated rings. The Labute approximate surface area is 485 Å². The first kappa shape index (κ1) is 76.5. The molecule has 0 aliphatic carbocycles. The standard InChI is InChI=1S/C68H133N2O7P/c1-7-10-13-16-19-22-25-28-30-31-32-33-34-35-36-37-38-39-40-43-46-49-52-55-58-61-68(72)77-66(59-56-53-50-47-44-41-27-24-21-18-15-12-9-3)65(64-76-78(73,74)75-63-62-70(4,5)6)69-67(71)60-57-54-51-48-45-42-29-26-23-20-17-14-11-8-2/h28,30,56,59,65-66H,7-27,29,31-55,57-58,60-64H2,1-6H3,(H-,69,71,73,74)/p+1/b30-28+,59-56-. The van der Waals surface area contributed by atoms with Gasteiger partial charge in [0.25, 0.3) is 0 Å². The van der Waals surface area contributed by atoms with Crippen LogP contribution in [0.15, 0.2) is 24.3 Å². The normalized spacial score (nSPS) is 13.7. The zero-order chi connectivity index (χ0) is 57.2. The maximum Gasteiger partial charge on any atom is 0.472 e. The van der Waals surface area contributed by atoms with Crippen LogP contribution < -0.4 is 5.32 Å². The van der Waals surface area contributed by atoms with E-state index < -0.39 is 20.0 Å². The fraction of sp³-hybridized carbons (Fsp3) is 0.912. The van der Waals surface area contributed by atoms with Gasteiger partial charge in [0.2, 0.25) is 5.91 Å². The first-order chi connectivity index (χ1) is 37.9. The number of carbonyl (C=O) groups is 2. The number of phosphoric ester groups is 1. The number of likely N-dealkylation sites (N-methyl/N-ethyl adjacent to an activating group) is 1. The largest absolute Gasteiger partial charge is 0.472 e. The summed E-state index contributed by atoms with van der Waals surface area (Å²) in [6.07, 6.45) is 70.4. The molecule has 0 aliphatic heterocycles. The number of esters is 1. The fourth-order valence-corrected chi connectivity index (χ4v) is 11.1. The molecule has 2 N–H and O–H groups in total. The predicted octanol–water partition coefficient (Wildman–Crippen LogP) is 21.3. The molecule has 0 saturated carbocycles. The lowest BCUT2D eigenvalue weighted by atomic mass is 10.0. The number of carbonyl (C=O) groups excluding carboxylic acids is 2. The Morgan fingerprint density at radius 1 is 0.436 bits per heavy atom. The maximum absolute atomic E-state index is 13.6. The highest BCUT2D eigenvalue weighted by Crippen LogP contribution is 2.43. The third-order valence-corrected chi connectivity index (χ3v) is 16.6. The van der Waals surface area contributed by atoms with Crippen molar-refractivity contribution < 1.29 is 37.3 Å². The number of phosphoric acid groups is 1. The van der Waals surface area contributed by atoms with E-state index in [-0.39, 0.29) is 25.1 Å². The molecule has 0 saturated heterocycles. The predicted molar refractivity (Wildman–Crippen MR) is 337 cm³/mol. The molecule has 0 rings (SSSR count). The second-order valence-electron chi connectivity index (χ2n) is 24.7. The van der Waals surface area contributed by atoms with Gasteiger partial charge in [0.1, 0.15) is 19.3 Å². The number of nitrogens with zero attached hydrogens (tertiary/aromatic N) is 1. The zero-order valence-corrected chi connectivity index (χ0v) is 53.8. The summed E-state index contributed by atoms with van der Waals surface area (Å²) < 4.78 is 30.8. The van der Waals surface area contributed by atoms with Gasteiger partial charge in [-0.05, 0) is 57.4 Å². The fourth-order valence-electron chi connectivity index (χ4n) is 10.4. The second-order valence-corrected chi connectivity index (χ2v) is 26.2. The SMILES string of the molecule is CCCCCCCC/C=C/CCCCCCCCCCCCCCCCCC(=O)OC(/C=C\CCCCCCCCCCCCC)C(COP(=O)(O)OCC[N+](C)(C)C)NC(=O)CCCCCCCCCCCCCCCC. The topological polar surface area (TPSA) is 111 Å². The second kappa shape index (κ2) is 58.7. The molecule has 0 radical (unpaired) electrons. The number of ether oxygens (including phenoxy) is 1. The van der Waals surface area contributed by atoms with Gasteiger partial charge in [-0.1, -0.05) is 302 Å². The Balaban J connectivity index is 5.05. The van der Waals surface area contributed by atoms with Crippen LogP contribution in [0.3, 0.4) is 0 Å². The maximum atomic E-state index is 13.6. The summed E-state index contributed by atoms with van der Waals surface area (Å²) in [4.78, 5) is 37.8. The molecule has 9 nitrogen and oxygen atoms in total. The first-order valence-electron chi connectivity index (χ1n) is 34.2. The number of rotatable bonds is 63.